The van der Waals surface area contributed by atoms with Gasteiger partial charge in [-0.25, -0.2) is 4.39 Å². The van der Waals surface area contributed by atoms with Crippen LogP contribution in [-0.2, 0) is 4.74 Å². The lowest BCUT2D eigenvalue weighted by Crippen LogP contribution is -2.58. The van der Waals surface area contributed by atoms with E-state index in [-0.39, 0.29) is 29.2 Å². The Hall–Kier alpha value is -1.46. The molecule has 2 rings (SSSR count). The number of benzene rings is 1. The predicted octanol–water partition coefficient (Wildman–Crippen LogP) is 2.44. The molecule has 122 valence electrons. The first-order valence-corrected chi connectivity index (χ1v) is 7.73. The van der Waals surface area contributed by atoms with Crippen molar-refractivity contribution in [3.05, 3.63) is 35.6 Å². The third-order valence-corrected chi connectivity index (χ3v) is 4.08. The summed E-state index contributed by atoms with van der Waals surface area (Å²) in [4.78, 5) is 14.4. The molecule has 1 saturated heterocycles. The van der Waals surface area contributed by atoms with Gasteiger partial charge in [0, 0.05) is 25.2 Å². The molecule has 4 nitrogen and oxygen atoms in total. The highest BCUT2D eigenvalue weighted by Crippen LogP contribution is 2.20. The van der Waals surface area contributed by atoms with Crippen molar-refractivity contribution in [2.24, 2.45) is 0 Å². The van der Waals surface area contributed by atoms with Crippen molar-refractivity contribution in [2.75, 3.05) is 19.6 Å². The molecular weight excluding hydrogens is 283 g/mol. The summed E-state index contributed by atoms with van der Waals surface area (Å²) in [6, 6.07) is 6.03. The van der Waals surface area contributed by atoms with E-state index in [4.69, 9.17) is 4.74 Å². The third kappa shape index (κ3) is 4.05. The van der Waals surface area contributed by atoms with E-state index in [1.165, 1.54) is 12.1 Å². The van der Waals surface area contributed by atoms with Crippen LogP contribution in [0.1, 0.15) is 38.1 Å². The van der Waals surface area contributed by atoms with Gasteiger partial charge < -0.3 is 10.1 Å². The van der Waals surface area contributed by atoms with Crippen molar-refractivity contribution in [3.63, 3.8) is 0 Å². The fourth-order valence-corrected chi connectivity index (χ4v) is 2.82. The van der Waals surface area contributed by atoms with E-state index in [0.717, 1.165) is 13.1 Å². The van der Waals surface area contributed by atoms with Crippen LogP contribution in [0.4, 0.5) is 4.39 Å². The number of amides is 1. The van der Waals surface area contributed by atoms with Gasteiger partial charge in [-0.3, -0.25) is 9.69 Å². The molecule has 1 aromatic carbocycles. The lowest BCUT2D eigenvalue weighted by molar-refractivity contribution is -0.0948. The minimum absolute atomic E-state index is 0.0852. The van der Waals surface area contributed by atoms with E-state index >= 15 is 0 Å². The topological polar surface area (TPSA) is 41.6 Å². The van der Waals surface area contributed by atoms with Crippen molar-refractivity contribution >= 4 is 5.91 Å². The first kappa shape index (κ1) is 16.9. The molecule has 1 aromatic rings. The highest BCUT2D eigenvalue weighted by Gasteiger charge is 2.33. The van der Waals surface area contributed by atoms with Crippen LogP contribution in [0.5, 0.6) is 0 Å². The lowest BCUT2D eigenvalue weighted by atomic mass is 10.00. The Morgan fingerprint density at radius 2 is 1.91 bits per heavy atom. The Balaban J connectivity index is 1.97. The van der Waals surface area contributed by atoms with Crippen molar-refractivity contribution in [1.82, 2.24) is 10.2 Å². The molecule has 1 aliphatic rings. The number of rotatable bonds is 4. The van der Waals surface area contributed by atoms with Crippen molar-refractivity contribution in [2.45, 2.75) is 45.4 Å². The molecule has 0 radical (unpaired) electrons. The van der Waals surface area contributed by atoms with Crippen LogP contribution in [0.25, 0.3) is 0 Å². The van der Waals surface area contributed by atoms with Crippen LogP contribution >= 0.6 is 0 Å². The molecule has 0 unspecified atom stereocenters. The van der Waals surface area contributed by atoms with Gasteiger partial charge >= 0.3 is 0 Å². The molecule has 1 aliphatic heterocycles. The van der Waals surface area contributed by atoms with Crippen molar-refractivity contribution < 1.29 is 13.9 Å². The second-order valence-corrected chi connectivity index (χ2v) is 6.64. The molecule has 1 N–H and O–H groups in total. The number of carbonyl (C=O) groups excluding carboxylic acids is 1. The van der Waals surface area contributed by atoms with E-state index in [0.29, 0.717) is 6.54 Å². The zero-order valence-corrected chi connectivity index (χ0v) is 13.7. The van der Waals surface area contributed by atoms with Crippen molar-refractivity contribution in [1.29, 1.82) is 0 Å². The van der Waals surface area contributed by atoms with Gasteiger partial charge in [-0.2, -0.15) is 0 Å². The molecule has 1 fully saturated rings. The van der Waals surface area contributed by atoms with E-state index < -0.39 is 5.82 Å². The van der Waals surface area contributed by atoms with Crippen LogP contribution < -0.4 is 5.32 Å². The number of nitrogens with one attached hydrogen (secondary N) is 1. The highest BCUT2D eigenvalue weighted by molar-refractivity contribution is 5.94. The average molecular weight is 308 g/mol. The minimum Gasteiger partial charge on any atom is -0.373 e. The molecule has 5 heteroatoms. The maximum absolute atomic E-state index is 13.6. The molecule has 22 heavy (non-hydrogen) atoms. The standard InChI is InChI=1S/C17H25FN2O2/c1-12-9-20(10-13(2)22-12)17(3,4)11-19-16(21)14-7-5-6-8-15(14)18/h5-8,12-13H,9-11H2,1-4H3,(H,19,21)/t12-,13-/m1/s1. The average Bonchev–Trinajstić information content (AvgIpc) is 2.44. The van der Waals surface area contributed by atoms with Gasteiger partial charge in [-0.15, -0.1) is 0 Å². The normalized spacial score (nSPS) is 23.3. The number of morpholine rings is 1. The summed E-state index contributed by atoms with van der Waals surface area (Å²) in [5.41, 5.74) is -0.130. The zero-order chi connectivity index (χ0) is 16.3. The highest BCUT2D eigenvalue weighted by atomic mass is 19.1. The molecule has 1 heterocycles. The van der Waals surface area contributed by atoms with E-state index in [1.54, 1.807) is 12.1 Å². The molecule has 0 aliphatic carbocycles. The number of carbonyl (C=O) groups is 1. The Labute approximate surface area is 131 Å². The van der Waals surface area contributed by atoms with Gasteiger partial charge in [-0.1, -0.05) is 12.1 Å². The monoisotopic (exact) mass is 308 g/mol. The molecule has 2 atom stereocenters. The third-order valence-electron chi connectivity index (χ3n) is 4.08. The Bertz CT molecular complexity index is 523. The van der Waals surface area contributed by atoms with Gasteiger partial charge in [0.1, 0.15) is 5.82 Å². The fourth-order valence-electron chi connectivity index (χ4n) is 2.82. The van der Waals surface area contributed by atoms with Gasteiger partial charge in [0.2, 0.25) is 0 Å². The van der Waals surface area contributed by atoms with Crippen LogP contribution in [-0.4, -0.2) is 48.2 Å². The smallest absolute Gasteiger partial charge is 0.254 e. The fraction of sp³-hybridized carbons (Fsp3) is 0.588. The molecular formula is C17H25FN2O2. The lowest BCUT2D eigenvalue weighted by Gasteiger charge is -2.45. The molecule has 0 spiro atoms. The maximum atomic E-state index is 13.6. The van der Waals surface area contributed by atoms with E-state index in [9.17, 15) is 9.18 Å². The number of hydrogen-bond donors (Lipinski definition) is 1. The van der Waals surface area contributed by atoms with Crippen molar-refractivity contribution in [3.8, 4) is 0 Å². The van der Waals surface area contributed by atoms with Gasteiger partial charge in [0.15, 0.2) is 0 Å². The van der Waals surface area contributed by atoms with Crippen LogP contribution in [0.15, 0.2) is 24.3 Å². The molecule has 0 saturated carbocycles. The Morgan fingerprint density at radius 1 is 1.32 bits per heavy atom. The van der Waals surface area contributed by atoms with Crippen LogP contribution in [0.3, 0.4) is 0 Å². The van der Waals surface area contributed by atoms with Crippen LogP contribution in [0, 0.1) is 5.82 Å². The number of halogens is 1. The molecule has 0 bridgehead atoms. The maximum Gasteiger partial charge on any atom is 0.254 e. The van der Waals surface area contributed by atoms with E-state index in [2.05, 4.69) is 37.9 Å². The second kappa shape index (κ2) is 6.75. The zero-order valence-electron chi connectivity index (χ0n) is 13.7. The summed E-state index contributed by atoms with van der Waals surface area (Å²) < 4.78 is 19.4. The first-order chi connectivity index (χ1) is 10.3. The largest absolute Gasteiger partial charge is 0.373 e. The van der Waals surface area contributed by atoms with E-state index in [1.807, 2.05) is 0 Å². The van der Waals surface area contributed by atoms with Crippen LogP contribution in [0.2, 0.25) is 0 Å². The van der Waals surface area contributed by atoms with Gasteiger partial charge in [-0.05, 0) is 39.8 Å². The molecule has 0 aromatic heterocycles. The summed E-state index contributed by atoms with van der Waals surface area (Å²) in [6.45, 7) is 10.4. The summed E-state index contributed by atoms with van der Waals surface area (Å²) in [5.74, 6) is -0.869. The number of nitrogens with zero attached hydrogens (tertiary/aromatic N) is 1. The Kier molecular flexibility index (Phi) is 5.19. The summed E-state index contributed by atoms with van der Waals surface area (Å²) in [7, 11) is 0. The first-order valence-electron chi connectivity index (χ1n) is 7.73. The Morgan fingerprint density at radius 3 is 2.50 bits per heavy atom. The second-order valence-electron chi connectivity index (χ2n) is 6.64. The summed E-state index contributed by atoms with van der Waals surface area (Å²) >= 11 is 0. The SMILES string of the molecule is C[C@@H]1CN(C(C)(C)CNC(=O)c2ccccc2F)C[C@@H](C)O1. The number of ether oxygens (including phenoxy) is 1. The summed E-state index contributed by atoms with van der Waals surface area (Å²) in [6.07, 6.45) is 0.343. The van der Waals surface area contributed by atoms with Gasteiger partial charge in [0.25, 0.3) is 5.91 Å². The summed E-state index contributed by atoms with van der Waals surface area (Å²) in [5, 5.41) is 2.85. The predicted molar refractivity (Wildman–Crippen MR) is 84.4 cm³/mol. The quantitative estimate of drug-likeness (QED) is 0.929. The molecule has 1 amide bonds. The minimum atomic E-state index is -0.494. The number of hydrogen-bond acceptors (Lipinski definition) is 3. The van der Waals surface area contributed by atoms with Gasteiger partial charge in [0.05, 0.1) is 17.8 Å².